The van der Waals surface area contributed by atoms with Crippen LogP contribution < -0.4 is 16.6 Å². The van der Waals surface area contributed by atoms with Crippen molar-refractivity contribution < 1.29 is 18.5 Å². The van der Waals surface area contributed by atoms with Gasteiger partial charge in [0.25, 0.3) is 5.91 Å². The molecule has 0 aliphatic heterocycles. The normalized spacial score (nSPS) is 9.67. The molecular formula is C8H6F2N4O3S. The van der Waals surface area contributed by atoms with Crippen LogP contribution in [-0.2, 0) is 0 Å². The monoisotopic (exact) mass is 276 g/mol. The van der Waals surface area contributed by atoms with E-state index in [1.807, 2.05) is 10.9 Å². The van der Waals surface area contributed by atoms with Gasteiger partial charge in [-0.05, 0) is 18.3 Å². The zero-order chi connectivity index (χ0) is 13.9. The Kier molecular flexibility index (Phi) is 4.05. The molecule has 1 amide bonds. The van der Waals surface area contributed by atoms with E-state index in [1.54, 1.807) is 0 Å². The number of amides is 1. The van der Waals surface area contributed by atoms with Crippen LogP contribution >= 0.6 is 12.2 Å². The molecule has 7 nitrogen and oxygen atoms in total. The minimum absolute atomic E-state index is 0.310. The molecule has 0 radical (unpaired) electrons. The van der Waals surface area contributed by atoms with Gasteiger partial charge in [-0.25, -0.2) is 4.39 Å². The minimum Gasteiger partial charge on any atom is -0.375 e. The minimum atomic E-state index is -1.45. The number of nitrogens with zero attached hydrogens (tertiary/aromatic N) is 1. The third-order valence-electron chi connectivity index (χ3n) is 1.76. The summed E-state index contributed by atoms with van der Waals surface area (Å²) in [5.74, 6) is -3.73. The first-order valence-corrected chi connectivity index (χ1v) is 4.73. The number of nitrogens with one attached hydrogen (secondary N) is 2. The van der Waals surface area contributed by atoms with Crippen LogP contribution in [0.3, 0.4) is 0 Å². The molecule has 0 aliphatic carbocycles. The van der Waals surface area contributed by atoms with Gasteiger partial charge in [-0.3, -0.25) is 25.8 Å². The molecule has 1 rings (SSSR count). The Morgan fingerprint density at radius 1 is 1.39 bits per heavy atom. The Labute approximate surface area is 104 Å². The molecule has 0 spiro atoms. The first kappa shape index (κ1) is 13.7. The number of nitro benzene ring substituents is 1. The van der Waals surface area contributed by atoms with E-state index in [0.29, 0.717) is 12.1 Å². The highest BCUT2D eigenvalue weighted by atomic mass is 32.1. The zero-order valence-electron chi connectivity index (χ0n) is 8.57. The van der Waals surface area contributed by atoms with E-state index < -0.39 is 33.7 Å². The van der Waals surface area contributed by atoms with Gasteiger partial charge in [0.05, 0.1) is 16.6 Å². The standard InChI is InChI=1S/C8H6F2N4O3S/c9-3-1-4(7(15)12-13-8(11)18)6(10)5(2-3)14(16)17/h1-2H,(H,12,15)(H3,11,13,18). The first-order valence-electron chi connectivity index (χ1n) is 4.32. The number of hydrogen-bond acceptors (Lipinski definition) is 4. The first-order chi connectivity index (χ1) is 8.32. The predicted molar refractivity (Wildman–Crippen MR) is 60.4 cm³/mol. The van der Waals surface area contributed by atoms with Crippen molar-refractivity contribution in [3.8, 4) is 0 Å². The van der Waals surface area contributed by atoms with Crippen molar-refractivity contribution in [2.45, 2.75) is 0 Å². The number of nitrogens with two attached hydrogens (primary N) is 1. The van der Waals surface area contributed by atoms with Crippen molar-refractivity contribution in [1.82, 2.24) is 10.9 Å². The Morgan fingerprint density at radius 3 is 2.50 bits per heavy atom. The number of benzene rings is 1. The van der Waals surface area contributed by atoms with Crippen molar-refractivity contribution in [1.29, 1.82) is 0 Å². The second-order valence-corrected chi connectivity index (χ2v) is 3.43. The molecule has 96 valence electrons. The van der Waals surface area contributed by atoms with Gasteiger partial charge < -0.3 is 5.73 Å². The number of nitro groups is 1. The van der Waals surface area contributed by atoms with E-state index in [-0.39, 0.29) is 5.11 Å². The molecule has 1 aromatic rings. The molecule has 0 saturated carbocycles. The molecule has 0 heterocycles. The van der Waals surface area contributed by atoms with Crippen LogP contribution in [0.2, 0.25) is 0 Å². The molecule has 1 aromatic carbocycles. The Hall–Kier alpha value is -2.36. The highest BCUT2D eigenvalue weighted by Gasteiger charge is 2.24. The lowest BCUT2D eigenvalue weighted by Crippen LogP contribution is -2.44. The van der Waals surface area contributed by atoms with Gasteiger partial charge in [-0.1, -0.05) is 0 Å². The Balaban J connectivity index is 3.12. The number of hydrogen-bond donors (Lipinski definition) is 3. The molecule has 0 bridgehead atoms. The topological polar surface area (TPSA) is 110 Å². The van der Waals surface area contributed by atoms with Crippen molar-refractivity contribution in [3.63, 3.8) is 0 Å². The fraction of sp³-hybridized carbons (Fsp3) is 0. The van der Waals surface area contributed by atoms with Crippen LogP contribution in [0, 0.1) is 21.7 Å². The van der Waals surface area contributed by atoms with Crippen LogP contribution in [0.1, 0.15) is 10.4 Å². The van der Waals surface area contributed by atoms with Crippen LogP contribution in [-0.4, -0.2) is 15.9 Å². The van der Waals surface area contributed by atoms with Crippen LogP contribution in [0.5, 0.6) is 0 Å². The van der Waals surface area contributed by atoms with E-state index in [4.69, 9.17) is 5.73 Å². The van der Waals surface area contributed by atoms with Crippen LogP contribution in [0.4, 0.5) is 14.5 Å². The van der Waals surface area contributed by atoms with Gasteiger partial charge in [-0.15, -0.1) is 0 Å². The Morgan fingerprint density at radius 2 is 2.00 bits per heavy atom. The summed E-state index contributed by atoms with van der Waals surface area (Å²) in [6.07, 6.45) is 0. The van der Waals surface area contributed by atoms with Crippen LogP contribution in [0.25, 0.3) is 0 Å². The molecule has 4 N–H and O–H groups in total. The number of carbonyl (C=O) groups excluding carboxylic acids is 1. The average molecular weight is 276 g/mol. The lowest BCUT2D eigenvalue weighted by atomic mass is 10.1. The van der Waals surface area contributed by atoms with E-state index in [0.717, 1.165) is 0 Å². The van der Waals surface area contributed by atoms with Crippen molar-refractivity contribution in [3.05, 3.63) is 39.4 Å². The lowest BCUT2D eigenvalue weighted by Gasteiger charge is -2.07. The number of thiocarbonyl (C=S) groups is 1. The summed E-state index contributed by atoms with van der Waals surface area (Å²) in [7, 11) is 0. The van der Waals surface area contributed by atoms with E-state index in [1.165, 1.54) is 0 Å². The SMILES string of the molecule is NC(=S)NNC(=O)c1cc(F)cc([N+](=O)[O-])c1F. The molecule has 10 heteroatoms. The third-order valence-corrected chi connectivity index (χ3v) is 1.86. The van der Waals surface area contributed by atoms with E-state index in [9.17, 15) is 23.7 Å². The number of hydrazine groups is 1. The smallest absolute Gasteiger partial charge is 0.308 e. The van der Waals surface area contributed by atoms with Gasteiger partial charge in [-0.2, -0.15) is 4.39 Å². The summed E-state index contributed by atoms with van der Waals surface area (Å²) in [5, 5.41) is 10.1. The quantitative estimate of drug-likeness (QED) is 0.408. The maximum atomic E-state index is 13.5. The van der Waals surface area contributed by atoms with Crippen molar-refractivity contribution in [2.24, 2.45) is 5.73 Å². The third kappa shape index (κ3) is 3.07. The summed E-state index contributed by atoms with van der Waals surface area (Å²) in [6.45, 7) is 0. The lowest BCUT2D eigenvalue weighted by molar-refractivity contribution is -0.387. The second kappa shape index (κ2) is 5.31. The Bertz CT molecular complexity index is 537. The van der Waals surface area contributed by atoms with E-state index in [2.05, 4.69) is 12.2 Å². The fourth-order valence-electron chi connectivity index (χ4n) is 1.06. The van der Waals surface area contributed by atoms with Crippen molar-refractivity contribution in [2.75, 3.05) is 0 Å². The molecule has 0 fully saturated rings. The molecule has 0 aliphatic rings. The molecule has 0 saturated heterocycles. The summed E-state index contributed by atoms with van der Waals surface area (Å²) < 4.78 is 26.5. The fourth-order valence-corrected chi connectivity index (χ4v) is 1.11. The highest BCUT2D eigenvalue weighted by Crippen LogP contribution is 2.22. The number of rotatable bonds is 2. The second-order valence-electron chi connectivity index (χ2n) is 2.99. The summed E-state index contributed by atoms with van der Waals surface area (Å²) in [5.41, 5.74) is 6.85. The van der Waals surface area contributed by atoms with Crippen LogP contribution in [0.15, 0.2) is 12.1 Å². The summed E-state index contributed by atoms with van der Waals surface area (Å²) in [4.78, 5) is 20.7. The van der Waals surface area contributed by atoms with Gasteiger partial charge in [0.2, 0.25) is 5.82 Å². The predicted octanol–water partition coefficient (Wildman–Crippen LogP) is 0.351. The largest absolute Gasteiger partial charge is 0.375 e. The number of carbonyl (C=O) groups is 1. The maximum Gasteiger partial charge on any atom is 0.308 e. The average Bonchev–Trinajstić information content (AvgIpc) is 2.28. The highest BCUT2D eigenvalue weighted by molar-refractivity contribution is 7.80. The van der Waals surface area contributed by atoms with Gasteiger partial charge in [0.15, 0.2) is 5.11 Å². The van der Waals surface area contributed by atoms with E-state index >= 15 is 0 Å². The zero-order valence-corrected chi connectivity index (χ0v) is 9.38. The number of halogens is 2. The van der Waals surface area contributed by atoms with Crippen molar-refractivity contribution >= 4 is 28.9 Å². The van der Waals surface area contributed by atoms with Gasteiger partial charge in [0.1, 0.15) is 5.82 Å². The van der Waals surface area contributed by atoms with Gasteiger partial charge in [0, 0.05) is 0 Å². The molecule has 0 unspecified atom stereocenters. The molecular weight excluding hydrogens is 270 g/mol. The van der Waals surface area contributed by atoms with Gasteiger partial charge >= 0.3 is 5.69 Å². The molecule has 0 aromatic heterocycles. The summed E-state index contributed by atoms with van der Waals surface area (Å²) >= 11 is 4.37. The molecule has 18 heavy (non-hydrogen) atoms. The summed E-state index contributed by atoms with van der Waals surface area (Å²) in [6, 6.07) is 0.881. The maximum absolute atomic E-state index is 13.5. The molecule has 0 atom stereocenters.